The number of aryl methyl sites for hydroxylation is 1. The first kappa shape index (κ1) is 14.9. The van der Waals surface area contributed by atoms with Gasteiger partial charge in [-0.15, -0.1) is 11.3 Å². The van der Waals surface area contributed by atoms with Gasteiger partial charge in [0.25, 0.3) is 0 Å². The number of rotatable bonds is 4. The molecule has 1 atom stereocenters. The number of aliphatic hydroxyl groups is 1. The van der Waals surface area contributed by atoms with Gasteiger partial charge < -0.3 is 10.4 Å². The van der Waals surface area contributed by atoms with Crippen LogP contribution < -0.4 is 10.6 Å². The lowest BCUT2D eigenvalue weighted by molar-refractivity contribution is 0.0654. The molecule has 0 aliphatic carbocycles. The van der Waals surface area contributed by atoms with Gasteiger partial charge in [0.1, 0.15) is 0 Å². The fourth-order valence-electron chi connectivity index (χ4n) is 1.16. The second kappa shape index (κ2) is 6.15. The molecule has 0 fully saturated rings. The number of thiazole rings is 1. The number of hydrogen-bond donors (Lipinski definition) is 3. The van der Waals surface area contributed by atoms with E-state index in [1.54, 1.807) is 0 Å². The highest BCUT2D eigenvalue weighted by Crippen LogP contribution is 2.18. The van der Waals surface area contributed by atoms with E-state index in [1.807, 2.05) is 33.1 Å². The minimum absolute atomic E-state index is 0.224. The van der Waals surface area contributed by atoms with Gasteiger partial charge in [-0.25, -0.2) is 9.78 Å². The Kier molecular flexibility index (Phi) is 5.10. The lowest BCUT2D eigenvalue weighted by atomic mass is 9.89. The summed E-state index contributed by atoms with van der Waals surface area (Å²) in [5.74, 6) is 0. The Morgan fingerprint density at radius 1 is 1.56 bits per heavy atom. The van der Waals surface area contributed by atoms with Crippen LogP contribution >= 0.6 is 11.3 Å². The third kappa shape index (κ3) is 4.62. The average Bonchev–Trinajstić information content (AvgIpc) is 2.72. The fourth-order valence-corrected chi connectivity index (χ4v) is 1.95. The summed E-state index contributed by atoms with van der Waals surface area (Å²) in [7, 11) is 0. The van der Waals surface area contributed by atoms with E-state index in [4.69, 9.17) is 0 Å². The number of anilines is 1. The maximum Gasteiger partial charge on any atom is 0.321 e. The maximum atomic E-state index is 11.6. The number of carbonyl (C=O) groups excluding carboxylic acids is 1. The summed E-state index contributed by atoms with van der Waals surface area (Å²) in [5, 5.41) is 17.6. The zero-order chi connectivity index (χ0) is 13.8. The van der Waals surface area contributed by atoms with Crippen LogP contribution in [0.5, 0.6) is 0 Å². The van der Waals surface area contributed by atoms with E-state index < -0.39 is 6.10 Å². The fraction of sp³-hybridized carbons (Fsp3) is 0.667. The largest absolute Gasteiger partial charge is 0.391 e. The highest BCUT2D eigenvalue weighted by molar-refractivity contribution is 7.13. The van der Waals surface area contributed by atoms with Crippen molar-refractivity contribution in [1.29, 1.82) is 0 Å². The van der Waals surface area contributed by atoms with Gasteiger partial charge in [-0.1, -0.05) is 27.7 Å². The van der Waals surface area contributed by atoms with Crippen molar-refractivity contribution in [2.45, 2.75) is 40.2 Å². The Labute approximate surface area is 112 Å². The predicted molar refractivity (Wildman–Crippen MR) is 74.0 cm³/mol. The Morgan fingerprint density at radius 2 is 2.22 bits per heavy atom. The lowest BCUT2D eigenvalue weighted by Crippen LogP contribution is -2.40. The minimum Gasteiger partial charge on any atom is -0.391 e. The maximum absolute atomic E-state index is 11.6. The molecule has 1 aromatic rings. The molecule has 0 bridgehead atoms. The molecule has 5 nitrogen and oxygen atoms in total. The Morgan fingerprint density at radius 3 is 2.72 bits per heavy atom. The third-order valence-corrected chi connectivity index (χ3v) is 3.40. The van der Waals surface area contributed by atoms with E-state index in [-0.39, 0.29) is 18.0 Å². The highest BCUT2D eigenvalue weighted by atomic mass is 32.1. The van der Waals surface area contributed by atoms with E-state index >= 15 is 0 Å². The third-order valence-electron chi connectivity index (χ3n) is 2.59. The number of carbonyl (C=O) groups is 1. The molecule has 1 rings (SSSR count). The van der Waals surface area contributed by atoms with Crippen LogP contribution in [-0.4, -0.2) is 28.8 Å². The van der Waals surface area contributed by atoms with Crippen molar-refractivity contribution in [1.82, 2.24) is 10.3 Å². The molecule has 0 aliphatic heterocycles. The summed E-state index contributed by atoms with van der Waals surface area (Å²) in [6, 6.07) is -0.338. The first-order valence-electron chi connectivity index (χ1n) is 6.00. The van der Waals surface area contributed by atoms with Crippen LogP contribution in [0.25, 0.3) is 0 Å². The van der Waals surface area contributed by atoms with Gasteiger partial charge in [-0.2, -0.15) is 0 Å². The van der Waals surface area contributed by atoms with Crippen molar-refractivity contribution in [2.75, 3.05) is 11.9 Å². The molecule has 0 saturated carbocycles. The second-order valence-corrected chi connectivity index (χ2v) is 6.07. The van der Waals surface area contributed by atoms with Gasteiger partial charge in [-0.05, 0) is 11.8 Å². The summed E-state index contributed by atoms with van der Waals surface area (Å²) in [5.41, 5.74) is 0.717. The van der Waals surface area contributed by atoms with Crippen LogP contribution in [0.15, 0.2) is 5.38 Å². The molecule has 102 valence electrons. The van der Waals surface area contributed by atoms with Crippen LogP contribution in [0.1, 0.15) is 33.4 Å². The van der Waals surface area contributed by atoms with E-state index in [2.05, 4.69) is 15.6 Å². The van der Waals surface area contributed by atoms with E-state index in [1.165, 1.54) is 11.3 Å². The van der Waals surface area contributed by atoms with E-state index in [0.717, 1.165) is 12.1 Å². The molecule has 0 saturated heterocycles. The zero-order valence-electron chi connectivity index (χ0n) is 11.3. The molecule has 0 aromatic carbocycles. The zero-order valence-corrected chi connectivity index (χ0v) is 12.1. The molecule has 1 heterocycles. The minimum atomic E-state index is -0.578. The number of nitrogens with one attached hydrogen (secondary N) is 2. The number of nitrogens with zero attached hydrogens (tertiary/aromatic N) is 1. The number of amides is 2. The molecule has 18 heavy (non-hydrogen) atoms. The Balaban J connectivity index is 2.38. The number of urea groups is 1. The number of hydrogen-bond acceptors (Lipinski definition) is 4. The predicted octanol–water partition coefficient (Wildman–Crippen LogP) is 2.23. The summed E-state index contributed by atoms with van der Waals surface area (Å²) in [6.07, 6.45) is 0.272. The molecule has 0 aliphatic rings. The molecule has 0 radical (unpaired) electrons. The standard InChI is InChI=1S/C12H21N3O2S/c1-5-8-7-18-11(14-8)15-10(17)13-6-9(16)12(2,3)4/h7,9,16H,5-6H2,1-4H3,(H2,13,14,15,17). The monoisotopic (exact) mass is 271 g/mol. The van der Waals surface area contributed by atoms with Crippen LogP contribution in [-0.2, 0) is 6.42 Å². The molecule has 1 aromatic heterocycles. The molecular weight excluding hydrogens is 250 g/mol. The summed E-state index contributed by atoms with van der Waals surface area (Å²) in [6.45, 7) is 8.00. The van der Waals surface area contributed by atoms with Crippen molar-refractivity contribution in [3.05, 3.63) is 11.1 Å². The normalized spacial score (nSPS) is 13.2. The van der Waals surface area contributed by atoms with Gasteiger partial charge in [0.05, 0.1) is 11.8 Å². The van der Waals surface area contributed by atoms with Crippen LogP contribution in [0.4, 0.5) is 9.93 Å². The van der Waals surface area contributed by atoms with E-state index in [9.17, 15) is 9.90 Å². The first-order chi connectivity index (χ1) is 8.32. The quantitative estimate of drug-likeness (QED) is 0.786. The lowest BCUT2D eigenvalue weighted by Gasteiger charge is -2.25. The molecule has 1 unspecified atom stereocenters. The second-order valence-electron chi connectivity index (χ2n) is 5.21. The van der Waals surface area contributed by atoms with Gasteiger partial charge in [0, 0.05) is 11.9 Å². The number of aromatic nitrogens is 1. The Bertz CT molecular complexity index is 398. The van der Waals surface area contributed by atoms with Gasteiger partial charge >= 0.3 is 6.03 Å². The smallest absolute Gasteiger partial charge is 0.321 e. The summed E-state index contributed by atoms with van der Waals surface area (Å²) >= 11 is 1.40. The van der Waals surface area contributed by atoms with Crippen LogP contribution in [0.2, 0.25) is 0 Å². The van der Waals surface area contributed by atoms with Gasteiger partial charge in [-0.3, -0.25) is 5.32 Å². The Hall–Kier alpha value is -1.14. The SMILES string of the molecule is CCc1csc(NC(=O)NCC(O)C(C)(C)C)n1. The molecule has 2 amide bonds. The van der Waals surface area contributed by atoms with Crippen LogP contribution in [0, 0.1) is 5.41 Å². The van der Waals surface area contributed by atoms with Crippen LogP contribution in [0.3, 0.4) is 0 Å². The summed E-state index contributed by atoms with van der Waals surface area (Å²) < 4.78 is 0. The van der Waals surface area contributed by atoms with E-state index in [0.29, 0.717) is 5.13 Å². The van der Waals surface area contributed by atoms with Crippen molar-refractivity contribution in [3.63, 3.8) is 0 Å². The first-order valence-corrected chi connectivity index (χ1v) is 6.88. The highest BCUT2D eigenvalue weighted by Gasteiger charge is 2.22. The van der Waals surface area contributed by atoms with Crippen molar-refractivity contribution in [2.24, 2.45) is 5.41 Å². The van der Waals surface area contributed by atoms with Gasteiger partial charge in [0.2, 0.25) is 0 Å². The van der Waals surface area contributed by atoms with Crippen molar-refractivity contribution in [3.8, 4) is 0 Å². The van der Waals surface area contributed by atoms with Gasteiger partial charge in [0.15, 0.2) is 5.13 Å². The number of aliphatic hydroxyl groups excluding tert-OH is 1. The molecule has 3 N–H and O–H groups in total. The topological polar surface area (TPSA) is 74.2 Å². The molecule has 6 heteroatoms. The molecular formula is C12H21N3O2S. The van der Waals surface area contributed by atoms with Crippen molar-refractivity contribution < 1.29 is 9.90 Å². The van der Waals surface area contributed by atoms with Crippen molar-refractivity contribution >= 4 is 22.5 Å². The average molecular weight is 271 g/mol. The summed E-state index contributed by atoms with van der Waals surface area (Å²) in [4.78, 5) is 15.8. The molecule has 0 spiro atoms.